The average Bonchev–Trinajstić information content (AvgIpc) is 2.20. The molecule has 0 aliphatic carbocycles. The molecule has 1 rings (SSSR count). The predicted molar refractivity (Wildman–Crippen MR) is 50.6 cm³/mol. The first-order chi connectivity index (χ1) is 6.99. The summed E-state index contributed by atoms with van der Waals surface area (Å²) >= 11 is 11.0. The van der Waals surface area contributed by atoms with Gasteiger partial charge in [0.15, 0.2) is 0 Å². The number of pyridine rings is 1. The molecule has 15 heavy (non-hydrogen) atoms. The maximum absolute atomic E-state index is 12.6. The van der Waals surface area contributed by atoms with Crippen LogP contribution < -0.4 is 0 Å². The predicted octanol–water partition coefficient (Wildman–Crippen LogP) is 3.11. The largest absolute Gasteiger partial charge is 0.465 e. The number of carbonyl (C=O) groups is 1. The minimum Gasteiger partial charge on any atom is -0.465 e. The second kappa shape index (κ2) is 4.72. The summed E-state index contributed by atoms with van der Waals surface area (Å²) in [5.41, 5.74) is -1.05. The van der Waals surface area contributed by atoms with E-state index in [1.54, 1.807) is 0 Å². The summed E-state index contributed by atoms with van der Waals surface area (Å²) in [4.78, 5) is 14.6. The Bertz CT molecular complexity index is 398. The lowest BCUT2D eigenvalue weighted by Crippen LogP contribution is -2.08. The number of aromatic nitrogens is 1. The number of hydrogen-bond acceptors (Lipinski definition) is 3. The summed E-state index contributed by atoms with van der Waals surface area (Å²) in [7, 11) is 1.07. The number of esters is 1. The first-order valence-electron chi connectivity index (χ1n) is 3.69. The number of methoxy groups -OCH3 is 1. The van der Waals surface area contributed by atoms with Crippen molar-refractivity contribution in [1.29, 1.82) is 0 Å². The van der Waals surface area contributed by atoms with Crippen molar-refractivity contribution < 1.29 is 18.3 Å². The molecule has 0 radical (unpaired) electrons. The Hall–Kier alpha value is -0.940. The zero-order valence-electron chi connectivity index (χ0n) is 7.43. The summed E-state index contributed by atoms with van der Waals surface area (Å²) in [5, 5.41) is -0.714. The lowest BCUT2D eigenvalue weighted by molar-refractivity contribution is 0.0589. The van der Waals surface area contributed by atoms with Gasteiger partial charge in [-0.3, -0.25) is 0 Å². The molecule has 82 valence electrons. The van der Waals surface area contributed by atoms with Gasteiger partial charge >= 0.3 is 5.97 Å². The molecule has 0 aromatic carbocycles. The highest BCUT2D eigenvalue weighted by Gasteiger charge is 2.24. The van der Waals surface area contributed by atoms with Crippen molar-refractivity contribution in [2.75, 3.05) is 7.11 Å². The van der Waals surface area contributed by atoms with Gasteiger partial charge in [0.1, 0.15) is 5.15 Å². The summed E-state index contributed by atoms with van der Waals surface area (Å²) in [6, 6.07) is 0. The smallest absolute Gasteiger partial charge is 0.339 e. The number of carbonyl (C=O) groups excluding carboxylic acids is 1. The molecular weight excluding hydrogens is 251 g/mol. The summed E-state index contributed by atoms with van der Waals surface area (Å²) in [6.45, 7) is 0. The van der Waals surface area contributed by atoms with E-state index in [4.69, 9.17) is 23.2 Å². The Balaban J connectivity index is 3.40. The Morgan fingerprint density at radius 2 is 2.13 bits per heavy atom. The SMILES string of the molecule is COC(=O)c1cnc(Cl)c(Cl)c1C(F)F. The van der Waals surface area contributed by atoms with E-state index in [1.807, 2.05) is 0 Å². The number of hydrogen-bond donors (Lipinski definition) is 0. The van der Waals surface area contributed by atoms with Crippen LogP contribution in [0.1, 0.15) is 22.3 Å². The standard InChI is InChI=1S/C8H5Cl2F2NO2/c1-15-8(14)3-2-13-6(10)5(9)4(3)7(11)12/h2,7H,1H3. The number of alkyl halides is 2. The van der Waals surface area contributed by atoms with Crippen molar-refractivity contribution in [2.45, 2.75) is 6.43 Å². The van der Waals surface area contributed by atoms with E-state index in [1.165, 1.54) is 0 Å². The van der Waals surface area contributed by atoms with Gasteiger partial charge in [0.2, 0.25) is 0 Å². The molecule has 0 aliphatic rings. The van der Waals surface area contributed by atoms with E-state index in [9.17, 15) is 13.6 Å². The molecular formula is C8H5Cl2F2NO2. The van der Waals surface area contributed by atoms with Crippen LogP contribution in [0.5, 0.6) is 0 Å². The van der Waals surface area contributed by atoms with Crippen LogP contribution in [0, 0.1) is 0 Å². The van der Waals surface area contributed by atoms with E-state index >= 15 is 0 Å². The number of halogens is 4. The summed E-state index contributed by atoms with van der Waals surface area (Å²) in [5.74, 6) is -0.934. The van der Waals surface area contributed by atoms with E-state index in [-0.39, 0.29) is 10.7 Å². The van der Waals surface area contributed by atoms with Crippen LogP contribution in [-0.2, 0) is 4.74 Å². The Labute approximate surface area is 94.0 Å². The fraction of sp³-hybridized carbons (Fsp3) is 0.250. The lowest BCUT2D eigenvalue weighted by atomic mass is 10.1. The van der Waals surface area contributed by atoms with Gasteiger partial charge in [0.25, 0.3) is 6.43 Å². The topological polar surface area (TPSA) is 39.2 Å². The summed E-state index contributed by atoms with van der Waals surface area (Å²) < 4.78 is 29.5. The Kier molecular flexibility index (Phi) is 3.82. The fourth-order valence-corrected chi connectivity index (χ4v) is 1.35. The van der Waals surface area contributed by atoms with Crippen LogP contribution in [0.15, 0.2) is 6.20 Å². The zero-order chi connectivity index (χ0) is 11.6. The monoisotopic (exact) mass is 255 g/mol. The maximum atomic E-state index is 12.6. The number of ether oxygens (including phenoxy) is 1. The quantitative estimate of drug-likeness (QED) is 0.602. The molecule has 0 atom stereocenters. The van der Waals surface area contributed by atoms with Crippen LogP contribution in [0.4, 0.5) is 8.78 Å². The first kappa shape index (κ1) is 12.1. The molecule has 0 amide bonds. The third-order valence-corrected chi connectivity index (χ3v) is 2.40. The molecule has 0 unspecified atom stereocenters. The average molecular weight is 256 g/mol. The van der Waals surface area contributed by atoms with Gasteiger partial charge in [-0.25, -0.2) is 18.6 Å². The second-order valence-corrected chi connectivity index (χ2v) is 3.22. The van der Waals surface area contributed by atoms with Gasteiger partial charge in [-0.1, -0.05) is 23.2 Å². The van der Waals surface area contributed by atoms with E-state index in [0.29, 0.717) is 0 Å². The molecule has 0 saturated heterocycles. The number of rotatable bonds is 2. The van der Waals surface area contributed by atoms with Crippen molar-refractivity contribution >= 4 is 29.2 Å². The van der Waals surface area contributed by atoms with Crippen molar-refractivity contribution in [2.24, 2.45) is 0 Å². The zero-order valence-corrected chi connectivity index (χ0v) is 8.94. The van der Waals surface area contributed by atoms with Crippen LogP contribution in [0.2, 0.25) is 10.2 Å². The van der Waals surface area contributed by atoms with Gasteiger partial charge in [-0.15, -0.1) is 0 Å². The van der Waals surface area contributed by atoms with Crippen LogP contribution in [0.3, 0.4) is 0 Å². The highest BCUT2D eigenvalue weighted by molar-refractivity contribution is 6.42. The van der Waals surface area contributed by atoms with Gasteiger partial charge in [0.05, 0.1) is 23.3 Å². The maximum Gasteiger partial charge on any atom is 0.339 e. The molecule has 1 aromatic rings. The molecule has 3 nitrogen and oxygen atoms in total. The van der Waals surface area contributed by atoms with Gasteiger partial charge in [-0.2, -0.15) is 0 Å². The van der Waals surface area contributed by atoms with Crippen molar-refractivity contribution in [3.05, 3.63) is 27.5 Å². The Morgan fingerprint density at radius 1 is 1.53 bits per heavy atom. The third-order valence-electron chi connectivity index (χ3n) is 1.64. The molecule has 0 N–H and O–H groups in total. The molecule has 1 heterocycles. The van der Waals surface area contributed by atoms with Crippen molar-refractivity contribution in [1.82, 2.24) is 4.98 Å². The minimum atomic E-state index is -2.92. The van der Waals surface area contributed by atoms with Crippen LogP contribution in [-0.4, -0.2) is 18.1 Å². The van der Waals surface area contributed by atoms with Crippen LogP contribution in [0.25, 0.3) is 0 Å². The molecule has 0 spiro atoms. The van der Waals surface area contributed by atoms with Crippen molar-refractivity contribution in [3.63, 3.8) is 0 Å². The van der Waals surface area contributed by atoms with Crippen LogP contribution >= 0.6 is 23.2 Å². The molecule has 0 saturated carbocycles. The highest BCUT2D eigenvalue weighted by Crippen LogP contribution is 2.34. The normalized spacial score (nSPS) is 10.5. The molecule has 7 heteroatoms. The van der Waals surface area contributed by atoms with E-state index in [0.717, 1.165) is 13.3 Å². The van der Waals surface area contributed by atoms with E-state index in [2.05, 4.69) is 9.72 Å². The first-order valence-corrected chi connectivity index (χ1v) is 4.45. The van der Waals surface area contributed by atoms with Crippen molar-refractivity contribution in [3.8, 4) is 0 Å². The molecule has 1 aromatic heterocycles. The van der Waals surface area contributed by atoms with E-state index < -0.39 is 23.0 Å². The second-order valence-electron chi connectivity index (χ2n) is 2.48. The molecule has 0 fully saturated rings. The number of nitrogens with zero attached hydrogens (tertiary/aromatic N) is 1. The fourth-order valence-electron chi connectivity index (χ4n) is 0.963. The summed E-state index contributed by atoms with van der Waals surface area (Å²) in [6.07, 6.45) is -2.02. The molecule has 0 aliphatic heterocycles. The third kappa shape index (κ3) is 2.35. The molecule has 0 bridgehead atoms. The van der Waals surface area contributed by atoms with Gasteiger partial charge in [0, 0.05) is 6.20 Å². The Morgan fingerprint density at radius 3 is 2.60 bits per heavy atom. The van der Waals surface area contributed by atoms with Gasteiger partial charge < -0.3 is 4.74 Å². The lowest BCUT2D eigenvalue weighted by Gasteiger charge is -2.09. The minimum absolute atomic E-state index is 0.278. The van der Waals surface area contributed by atoms with Gasteiger partial charge in [-0.05, 0) is 0 Å². The highest BCUT2D eigenvalue weighted by atomic mass is 35.5.